The molecule has 0 saturated carbocycles. The first-order valence-electron chi connectivity index (χ1n) is 6.97. The predicted molar refractivity (Wildman–Crippen MR) is 70.9 cm³/mol. The summed E-state index contributed by atoms with van der Waals surface area (Å²) in [6.07, 6.45) is 4.46. The number of rotatable bonds is 5. The van der Waals surface area contributed by atoms with Crippen LogP contribution >= 0.6 is 0 Å². The molecule has 6 nitrogen and oxygen atoms in total. The van der Waals surface area contributed by atoms with Gasteiger partial charge in [0.15, 0.2) is 0 Å². The molecule has 0 bridgehead atoms. The summed E-state index contributed by atoms with van der Waals surface area (Å²) in [5, 5.41) is 8.66. The summed E-state index contributed by atoms with van der Waals surface area (Å²) in [5.41, 5.74) is 0. The largest absolute Gasteiger partial charge is 0.481 e. The Kier molecular flexibility index (Phi) is 4.81. The van der Waals surface area contributed by atoms with E-state index in [9.17, 15) is 13.2 Å². The van der Waals surface area contributed by atoms with Crippen LogP contribution < -0.4 is 0 Å². The van der Waals surface area contributed by atoms with Gasteiger partial charge in [-0.3, -0.25) is 4.79 Å². The monoisotopic (exact) mass is 290 g/mol. The van der Waals surface area contributed by atoms with E-state index in [2.05, 4.69) is 0 Å². The topological polar surface area (TPSA) is 77.9 Å². The first kappa shape index (κ1) is 14.7. The second-order valence-corrected chi connectivity index (χ2v) is 7.34. The molecule has 110 valence electrons. The third-order valence-electron chi connectivity index (χ3n) is 3.98. The highest BCUT2D eigenvalue weighted by molar-refractivity contribution is 7.86. The van der Waals surface area contributed by atoms with Crippen molar-refractivity contribution in [1.82, 2.24) is 8.61 Å². The van der Waals surface area contributed by atoms with Crippen LogP contribution in [0.15, 0.2) is 0 Å². The molecule has 2 fully saturated rings. The molecule has 0 amide bonds. The van der Waals surface area contributed by atoms with Crippen molar-refractivity contribution >= 4 is 16.2 Å². The number of carboxylic acids is 1. The van der Waals surface area contributed by atoms with Gasteiger partial charge >= 0.3 is 5.97 Å². The van der Waals surface area contributed by atoms with Crippen molar-refractivity contribution in [2.45, 2.75) is 38.5 Å². The summed E-state index contributed by atoms with van der Waals surface area (Å²) < 4.78 is 27.9. The van der Waals surface area contributed by atoms with Gasteiger partial charge in [-0.2, -0.15) is 17.0 Å². The van der Waals surface area contributed by atoms with E-state index in [1.165, 1.54) is 4.31 Å². The van der Waals surface area contributed by atoms with E-state index in [-0.39, 0.29) is 12.3 Å². The molecule has 7 heteroatoms. The smallest absolute Gasteiger partial charge is 0.303 e. The highest BCUT2D eigenvalue weighted by Gasteiger charge is 2.35. The fraction of sp³-hybridized carbons (Fsp3) is 0.917. The molecule has 2 aliphatic heterocycles. The van der Waals surface area contributed by atoms with Crippen molar-refractivity contribution in [1.29, 1.82) is 0 Å². The number of hydrogen-bond donors (Lipinski definition) is 1. The summed E-state index contributed by atoms with van der Waals surface area (Å²) >= 11 is 0. The average Bonchev–Trinajstić information content (AvgIpc) is 2.87. The maximum atomic E-state index is 12.4. The normalized spacial score (nSPS) is 26.6. The fourth-order valence-corrected chi connectivity index (χ4v) is 4.61. The van der Waals surface area contributed by atoms with Crippen LogP contribution in [-0.4, -0.2) is 54.3 Å². The van der Waals surface area contributed by atoms with Crippen molar-refractivity contribution < 1.29 is 18.3 Å². The molecular formula is C12H22N2O4S. The Morgan fingerprint density at radius 1 is 1.11 bits per heavy atom. The second kappa shape index (κ2) is 6.19. The molecule has 0 spiro atoms. The molecule has 1 atom stereocenters. The van der Waals surface area contributed by atoms with Gasteiger partial charge in [0.05, 0.1) is 0 Å². The van der Waals surface area contributed by atoms with Crippen LogP contribution in [0.25, 0.3) is 0 Å². The lowest BCUT2D eigenvalue weighted by molar-refractivity contribution is -0.137. The Hall–Kier alpha value is -0.660. The van der Waals surface area contributed by atoms with Crippen molar-refractivity contribution in [3.63, 3.8) is 0 Å². The summed E-state index contributed by atoms with van der Waals surface area (Å²) in [6.45, 7) is 2.26. The number of aliphatic carboxylic acids is 1. The van der Waals surface area contributed by atoms with Crippen LogP contribution in [0, 0.1) is 5.92 Å². The average molecular weight is 290 g/mol. The molecule has 2 rings (SSSR count). The standard InChI is InChI=1S/C12H22N2O4S/c15-12(16)5-4-11-6-9-14(10-11)19(17,18)13-7-2-1-3-8-13/h11H,1-10H2,(H,15,16). The van der Waals surface area contributed by atoms with Crippen molar-refractivity contribution in [3.8, 4) is 0 Å². The number of nitrogens with zero attached hydrogens (tertiary/aromatic N) is 2. The molecule has 0 radical (unpaired) electrons. The highest BCUT2D eigenvalue weighted by Crippen LogP contribution is 2.26. The van der Waals surface area contributed by atoms with E-state index in [1.54, 1.807) is 4.31 Å². The Balaban J connectivity index is 1.89. The quantitative estimate of drug-likeness (QED) is 0.816. The van der Waals surface area contributed by atoms with Crippen molar-refractivity contribution in [2.75, 3.05) is 26.2 Å². The lowest BCUT2D eigenvalue weighted by atomic mass is 10.0. The van der Waals surface area contributed by atoms with Crippen LogP contribution in [0.4, 0.5) is 0 Å². The van der Waals surface area contributed by atoms with Gasteiger partial charge in [-0.25, -0.2) is 0 Å². The van der Waals surface area contributed by atoms with E-state index in [1.807, 2.05) is 0 Å². The minimum Gasteiger partial charge on any atom is -0.481 e. The Morgan fingerprint density at radius 3 is 2.42 bits per heavy atom. The van der Waals surface area contributed by atoms with E-state index in [0.717, 1.165) is 25.7 Å². The summed E-state index contributed by atoms with van der Waals surface area (Å²) in [6, 6.07) is 0. The fourth-order valence-electron chi connectivity index (χ4n) is 2.83. The zero-order valence-corrected chi connectivity index (χ0v) is 11.9. The molecule has 19 heavy (non-hydrogen) atoms. The Bertz CT molecular complexity index is 417. The Labute approximate surface area is 114 Å². The Morgan fingerprint density at radius 2 is 1.79 bits per heavy atom. The third kappa shape index (κ3) is 3.67. The zero-order chi connectivity index (χ0) is 13.9. The molecule has 1 N–H and O–H groups in total. The van der Waals surface area contributed by atoms with E-state index in [4.69, 9.17) is 5.11 Å². The van der Waals surface area contributed by atoms with Crippen molar-refractivity contribution in [2.24, 2.45) is 5.92 Å². The van der Waals surface area contributed by atoms with Gasteiger partial charge in [-0.1, -0.05) is 6.42 Å². The van der Waals surface area contributed by atoms with Crippen LogP contribution in [0.5, 0.6) is 0 Å². The molecule has 0 aliphatic carbocycles. The first-order chi connectivity index (χ1) is 9.00. The van der Waals surface area contributed by atoms with Crippen LogP contribution in [-0.2, 0) is 15.0 Å². The van der Waals surface area contributed by atoms with Gasteiger partial charge in [0.2, 0.25) is 0 Å². The number of carboxylic acid groups (broad SMARTS) is 1. The molecule has 0 aromatic rings. The van der Waals surface area contributed by atoms with E-state index in [0.29, 0.717) is 32.6 Å². The number of hydrogen-bond acceptors (Lipinski definition) is 3. The summed E-state index contributed by atoms with van der Waals surface area (Å²) in [4.78, 5) is 10.5. The summed E-state index contributed by atoms with van der Waals surface area (Å²) in [5.74, 6) is -0.618. The number of carbonyl (C=O) groups is 1. The molecule has 2 saturated heterocycles. The van der Waals surface area contributed by atoms with Gasteiger partial charge in [-0.05, 0) is 31.6 Å². The van der Waals surface area contributed by atoms with Crippen LogP contribution in [0.2, 0.25) is 0 Å². The minimum atomic E-state index is -3.31. The van der Waals surface area contributed by atoms with E-state index < -0.39 is 16.2 Å². The van der Waals surface area contributed by atoms with E-state index >= 15 is 0 Å². The van der Waals surface area contributed by atoms with Gasteiger partial charge in [0, 0.05) is 32.6 Å². The molecule has 2 aliphatic rings. The minimum absolute atomic E-state index is 0.127. The molecule has 0 aromatic heterocycles. The first-order valence-corrected chi connectivity index (χ1v) is 8.37. The molecule has 2 heterocycles. The number of piperidine rings is 1. The highest BCUT2D eigenvalue weighted by atomic mass is 32.2. The second-order valence-electron chi connectivity index (χ2n) is 5.41. The van der Waals surface area contributed by atoms with Gasteiger partial charge in [0.25, 0.3) is 10.2 Å². The third-order valence-corrected chi connectivity index (χ3v) is 5.98. The van der Waals surface area contributed by atoms with Gasteiger partial charge in [-0.15, -0.1) is 0 Å². The van der Waals surface area contributed by atoms with Gasteiger partial charge < -0.3 is 5.11 Å². The predicted octanol–water partition coefficient (Wildman–Crippen LogP) is 0.904. The SMILES string of the molecule is O=C(O)CCC1CCN(S(=O)(=O)N2CCCCC2)C1. The lowest BCUT2D eigenvalue weighted by Gasteiger charge is -2.30. The maximum Gasteiger partial charge on any atom is 0.303 e. The maximum absolute atomic E-state index is 12.4. The lowest BCUT2D eigenvalue weighted by Crippen LogP contribution is -2.45. The zero-order valence-electron chi connectivity index (χ0n) is 11.1. The van der Waals surface area contributed by atoms with Crippen LogP contribution in [0.3, 0.4) is 0 Å². The molecule has 1 unspecified atom stereocenters. The van der Waals surface area contributed by atoms with Gasteiger partial charge in [0.1, 0.15) is 0 Å². The molecular weight excluding hydrogens is 268 g/mol. The summed E-state index contributed by atoms with van der Waals surface area (Å²) in [7, 11) is -3.31. The van der Waals surface area contributed by atoms with Crippen LogP contribution in [0.1, 0.15) is 38.5 Å². The van der Waals surface area contributed by atoms with Crippen molar-refractivity contribution in [3.05, 3.63) is 0 Å². The molecule has 0 aromatic carbocycles.